The average Bonchev–Trinajstić information content (AvgIpc) is 2.95. The van der Waals surface area contributed by atoms with Crippen molar-refractivity contribution < 1.29 is 14.3 Å². The normalized spacial score (nSPS) is 28.1. The van der Waals surface area contributed by atoms with Gasteiger partial charge in [-0.25, -0.2) is 9.48 Å². The van der Waals surface area contributed by atoms with E-state index in [0.717, 1.165) is 19.3 Å². The van der Waals surface area contributed by atoms with Crippen LogP contribution in [0.3, 0.4) is 0 Å². The van der Waals surface area contributed by atoms with Crippen LogP contribution in [0.25, 0.3) is 0 Å². The maximum atomic E-state index is 12.3. The molecule has 1 N–H and O–H groups in total. The quantitative estimate of drug-likeness (QED) is 0.770. The first-order valence-electron chi connectivity index (χ1n) is 9.73. The van der Waals surface area contributed by atoms with Crippen molar-refractivity contribution >= 4 is 11.9 Å². The highest BCUT2D eigenvalue weighted by Crippen LogP contribution is 2.65. The van der Waals surface area contributed by atoms with Crippen molar-refractivity contribution in [1.82, 2.24) is 15.1 Å². The van der Waals surface area contributed by atoms with Crippen molar-refractivity contribution in [3.05, 3.63) is 28.2 Å². The number of rotatable bonds is 6. The molecule has 2 fully saturated rings. The number of esters is 1. The summed E-state index contributed by atoms with van der Waals surface area (Å²) in [6, 6.07) is 2.73. The Kier molecular flexibility index (Phi) is 5.14. The molecule has 0 spiro atoms. The number of hydrogen-bond acceptors (Lipinski definition) is 5. The molecular formula is C20H29N3O4. The lowest BCUT2D eigenvalue weighted by Gasteiger charge is -2.39. The summed E-state index contributed by atoms with van der Waals surface area (Å²) in [4.78, 5) is 36.2. The zero-order valence-electron chi connectivity index (χ0n) is 16.6. The zero-order valence-corrected chi connectivity index (χ0v) is 16.6. The highest BCUT2D eigenvalue weighted by Gasteiger charge is 2.61. The molecule has 2 aliphatic rings. The highest BCUT2D eigenvalue weighted by atomic mass is 16.5. The van der Waals surface area contributed by atoms with Crippen LogP contribution in [-0.2, 0) is 16.1 Å². The Morgan fingerprint density at radius 1 is 1.33 bits per heavy atom. The first kappa shape index (κ1) is 19.6. The Morgan fingerprint density at radius 2 is 2.07 bits per heavy atom. The Morgan fingerprint density at radius 3 is 2.67 bits per heavy atom. The molecule has 7 nitrogen and oxygen atoms in total. The van der Waals surface area contributed by atoms with Gasteiger partial charge < -0.3 is 10.1 Å². The van der Waals surface area contributed by atoms with E-state index in [0.29, 0.717) is 12.5 Å². The van der Waals surface area contributed by atoms with Crippen LogP contribution in [0.5, 0.6) is 0 Å². The molecule has 2 saturated carbocycles. The van der Waals surface area contributed by atoms with Gasteiger partial charge in [-0.1, -0.05) is 27.7 Å². The first-order valence-corrected chi connectivity index (χ1v) is 9.73. The SMILES string of the molecule is CCCn1nc(C(=O)OCC(=O)NC2CC3CCC2(C)C3(C)C)ccc1=O. The molecular weight excluding hydrogens is 346 g/mol. The third-order valence-corrected chi connectivity index (χ3v) is 6.97. The van der Waals surface area contributed by atoms with Crippen LogP contribution in [0.1, 0.15) is 63.9 Å². The smallest absolute Gasteiger partial charge is 0.359 e. The number of nitrogens with zero attached hydrogens (tertiary/aromatic N) is 2. The minimum Gasteiger partial charge on any atom is -0.451 e. The second kappa shape index (κ2) is 7.09. The summed E-state index contributed by atoms with van der Waals surface area (Å²) in [5, 5.41) is 7.06. The maximum Gasteiger partial charge on any atom is 0.359 e. The summed E-state index contributed by atoms with van der Waals surface area (Å²) in [5.41, 5.74) is 0.0507. The largest absolute Gasteiger partial charge is 0.451 e. The topological polar surface area (TPSA) is 90.3 Å². The first-order chi connectivity index (χ1) is 12.7. The van der Waals surface area contributed by atoms with Crippen LogP contribution >= 0.6 is 0 Å². The van der Waals surface area contributed by atoms with E-state index in [2.05, 4.69) is 31.2 Å². The summed E-state index contributed by atoms with van der Waals surface area (Å²) in [5.74, 6) is -0.367. The van der Waals surface area contributed by atoms with Gasteiger partial charge in [-0.05, 0) is 48.5 Å². The highest BCUT2D eigenvalue weighted by molar-refractivity contribution is 5.89. The van der Waals surface area contributed by atoms with Gasteiger partial charge in [0.15, 0.2) is 12.3 Å². The fourth-order valence-electron chi connectivity index (χ4n) is 4.79. The molecule has 0 aliphatic heterocycles. The van der Waals surface area contributed by atoms with E-state index in [1.807, 2.05) is 6.92 Å². The minimum absolute atomic E-state index is 0.0314. The number of fused-ring (bicyclic) bond motifs is 2. The van der Waals surface area contributed by atoms with Gasteiger partial charge in [0.25, 0.3) is 11.5 Å². The lowest BCUT2D eigenvalue weighted by atomic mass is 9.69. The number of aromatic nitrogens is 2. The Hall–Kier alpha value is -2.18. The molecule has 3 unspecified atom stereocenters. The molecule has 2 bridgehead atoms. The predicted octanol–water partition coefficient (Wildman–Crippen LogP) is 2.14. The van der Waals surface area contributed by atoms with E-state index in [4.69, 9.17) is 4.74 Å². The van der Waals surface area contributed by atoms with Gasteiger partial charge in [0.05, 0.1) is 0 Å². The molecule has 2 aliphatic carbocycles. The fraction of sp³-hybridized carbons (Fsp3) is 0.700. The number of nitrogens with one attached hydrogen (secondary N) is 1. The molecule has 7 heteroatoms. The van der Waals surface area contributed by atoms with Gasteiger partial charge in [-0.15, -0.1) is 0 Å². The molecule has 148 valence electrons. The zero-order chi connectivity index (χ0) is 19.8. The van der Waals surface area contributed by atoms with Crippen molar-refractivity contribution in [3.63, 3.8) is 0 Å². The summed E-state index contributed by atoms with van der Waals surface area (Å²) >= 11 is 0. The van der Waals surface area contributed by atoms with Gasteiger partial charge >= 0.3 is 5.97 Å². The molecule has 1 heterocycles. The van der Waals surface area contributed by atoms with E-state index in [-0.39, 0.29) is 40.6 Å². The second-order valence-corrected chi connectivity index (χ2v) is 8.59. The van der Waals surface area contributed by atoms with Crippen LogP contribution in [0, 0.1) is 16.7 Å². The van der Waals surface area contributed by atoms with Crippen molar-refractivity contribution in [2.45, 2.75) is 66.0 Å². The van der Waals surface area contributed by atoms with Crippen molar-refractivity contribution in [2.75, 3.05) is 6.61 Å². The molecule has 0 radical (unpaired) electrons. The Bertz CT molecular complexity index is 801. The third kappa shape index (κ3) is 3.39. The van der Waals surface area contributed by atoms with E-state index in [1.54, 1.807) is 0 Å². The standard InChI is InChI=1S/C20H29N3O4/c1-5-10-23-17(25)7-6-14(22-23)18(26)27-12-16(24)21-15-11-13-8-9-20(15,4)19(13,2)3/h6-7,13,15H,5,8-12H2,1-4H3,(H,21,24). The summed E-state index contributed by atoms with van der Waals surface area (Å²) in [6.07, 6.45) is 4.03. The van der Waals surface area contributed by atoms with Crippen LogP contribution < -0.4 is 10.9 Å². The van der Waals surface area contributed by atoms with E-state index in [9.17, 15) is 14.4 Å². The molecule has 0 saturated heterocycles. The minimum atomic E-state index is -0.700. The van der Waals surface area contributed by atoms with E-state index >= 15 is 0 Å². The van der Waals surface area contributed by atoms with Crippen LogP contribution in [0.4, 0.5) is 0 Å². The second-order valence-electron chi connectivity index (χ2n) is 8.59. The van der Waals surface area contributed by atoms with E-state index in [1.165, 1.54) is 23.2 Å². The van der Waals surface area contributed by atoms with Gasteiger partial charge in [0.2, 0.25) is 0 Å². The number of ether oxygens (including phenoxy) is 1. The number of aryl methyl sites for hydroxylation is 1. The van der Waals surface area contributed by atoms with Crippen molar-refractivity contribution in [3.8, 4) is 0 Å². The molecule has 1 amide bonds. The molecule has 0 aromatic carbocycles. The Balaban J connectivity index is 1.56. The molecule has 1 aromatic rings. The number of carbonyl (C=O) groups is 2. The fourth-order valence-corrected chi connectivity index (χ4v) is 4.79. The van der Waals surface area contributed by atoms with Crippen LogP contribution in [0.15, 0.2) is 16.9 Å². The maximum absolute atomic E-state index is 12.3. The Labute approximate surface area is 159 Å². The summed E-state index contributed by atoms with van der Waals surface area (Å²) in [6.45, 7) is 8.82. The average molecular weight is 375 g/mol. The summed E-state index contributed by atoms with van der Waals surface area (Å²) < 4.78 is 6.34. The molecule has 27 heavy (non-hydrogen) atoms. The third-order valence-electron chi connectivity index (χ3n) is 6.97. The van der Waals surface area contributed by atoms with Crippen molar-refractivity contribution in [2.24, 2.45) is 16.7 Å². The lowest BCUT2D eigenvalue weighted by Crippen LogP contribution is -2.48. The van der Waals surface area contributed by atoms with Crippen molar-refractivity contribution in [1.29, 1.82) is 0 Å². The van der Waals surface area contributed by atoms with Crippen LogP contribution in [-0.4, -0.2) is 34.3 Å². The number of hydrogen-bond donors (Lipinski definition) is 1. The van der Waals surface area contributed by atoms with Gasteiger partial charge in [0.1, 0.15) is 0 Å². The molecule has 3 atom stereocenters. The number of carbonyl (C=O) groups excluding carboxylic acids is 2. The van der Waals surface area contributed by atoms with Gasteiger partial charge in [-0.3, -0.25) is 9.59 Å². The summed E-state index contributed by atoms with van der Waals surface area (Å²) in [7, 11) is 0. The van der Waals surface area contributed by atoms with E-state index < -0.39 is 5.97 Å². The van der Waals surface area contributed by atoms with Gasteiger partial charge in [-0.2, -0.15) is 5.10 Å². The lowest BCUT2D eigenvalue weighted by molar-refractivity contribution is -0.126. The van der Waals surface area contributed by atoms with Gasteiger partial charge in [0, 0.05) is 18.7 Å². The monoisotopic (exact) mass is 375 g/mol. The molecule has 1 aromatic heterocycles. The number of amides is 1. The molecule has 3 rings (SSSR count). The predicted molar refractivity (Wildman–Crippen MR) is 100 cm³/mol. The van der Waals surface area contributed by atoms with Crippen LogP contribution in [0.2, 0.25) is 0 Å².